The maximum Gasteiger partial charge on any atom is 0.0664 e. The fourth-order valence-electron chi connectivity index (χ4n) is 2.68. The zero-order valence-corrected chi connectivity index (χ0v) is 12.0. The molecule has 1 aliphatic carbocycles. The number of hydrogen-bond donors (Lipinski definition) is 0. The van der Waals surface area contributed by atoms with E-state index in [-0.39, 0.29) is 0 Å². The van der Waals surface area contributed by atoms with E-state index in [1.165, 1.54) is 43.4 Å². The summed E-state index contributed by atoms with van der Waals surface area (Å²) in [6.07, 6.45) is 13.0. The summed E-state index contributed by atoms with van der Waals surface area (Å²) in [6.45, 7) is 2.16. The van der Waals surface area contributed by atoms with Gasteiger partial charge in [-0.2, -0.15) is 5.10 Å². The Hall–Kier alpha value is -0.760. The van der Waals surface area contributed by atoms with Crippen molar-refractivity contribution in [1.82, 2.24) is 9.78 Å². The molecule has 0 amide bonds. The molecule has 1 fully saturated rings. The molecule has 0 bridgehead atoms. The Balaban J connectivity index is 1.93. The van der Waals surface area contributed by atoms with Crippen LogP contribution in [0.2, 0.25) is 0 Å². The third kappa shape index (κ3) is 3.88. The highest BCUT2D eigenvalue weighted by atomic mass is 35.5. The Morgan fingerprint density at radius 2 is 2.22 bits per heavy atom. The van der Waals surface area contributed by atoms with E-state index in [0.717, 1.165) is 12.8 Å². The van der Waals surface area contributed by atoms with Crippen molar-refractivity contribution < 1.29 is 0 Å². The van der Waals surface area contributed by atoms with Crippen LogP contribution in [0.4, 0.5) is 0 Å². The van der Waals surface area contributed by atoms with Crippen molar-refractivity contribution in [3.05, 3.63) is 29.6 Å². The van der Waals surface area contributed by atoms with E-state index in [4.69, 9.17) is 16.7 Å². The summed E-state index contributed by atoms with van der Waals surface area (Å²) in [7, 11) is 0. The molecule has 0 spiro atoms. The Morgan fingerprint density at radius 1 is 1.44 bits per heavy atom. The van der Waals surface area contributed by atoms with Gasteiger partial charge >= 0.3 is 0 Å². The summed E-state index contributed by atoms with van der Waals surface area (Å²) in [4.78, 5) is 0. The zero-order valence-electron chi connectivity index (χ0n) is 11.2. The molecule has 1 aromatic heterocycles. The van der Waals surface area contributed by atoms with E-state index >= 15 is 0 Å². The number of nitrogens with zero attached hydrogens (tertiary/aromatic N) is 2. The van der Waals surface area contributed by atoms with Crippen molar-refractivity contribution in [2.75, 3.05) is 5.88 Å². The van der Waals surface area contributed by atoms with Crippen LogP contribution in [0.15, 0.2) is 23.9 Å². The summed E-state index contributed by atoms with van der Waals surface area (Å²) in [5, 5.41) is 4.72. The van der Waals surface area contributed by atoms with E-state index in [9.17, 15) is 0 Å². The van der Waals surface area contributed by atoms with Crippen LogP contribution in [0.25, 0.3) is 0 Å². The standard InChI is InChI=1S/C15H23ClN2/c1-13(6-5-10-16)12-14-9-11-18(17-14)15-7-3-2-4-8-15/h6,9,11,15H,2-5,7-8,10,12H2,1H3. The second-order valence-electron chi connectivity index (χ2n) is 5.28. The van der Waals surface area contributed by atoms with Crippen LogP contribution < -0.4 is 0 Å². The normalized spacial score (nSPS) is 18.2. The first kappa shape index (κ1) is 13.7. The molecule has 0 atom stereocenters. The molecule has 18 heavy (non-hydrogen) atoms. The quantitative estimate of drug-likeness (QED) is 0.567. The van der Waals surface area contributed by atoms with E-state index in [2.05, 4.69) is 29.9 Å². The van der Waals surface area contributed by atoms with Gasteiger partial charge in [-0.3, -0.25) is 4.68 Å². The van der Waals surface area contributed by atoms with E-state index in [0.29, 0.717) is 11.9 Å². The van der Waals surface area contributed by atoms with Gasteiger partial charge in [0.15, 0.2) is 0 Å². The second kappa shape index (κ2) is 6.98. The fraction of sp³-hybridized carbons (Fsp3) is 0.667. The lowest BCUT2D eigenvalue weighted by atomic mass is 9.96. The van der Waals surface area contributed by atoms with Crippen molar-refractivity contribution in [2.45, 2.75) is 57.9 Å². The van der Waals surface area contributed by atoms with Gasteiger partial charge in [-0.1, -0.05) is 30.9 Å². The van der Waals surface area contributed by atoms with Gasteiger partial charge in [-0.05, 0) is 32.3 Å². The largest absolute Gasteiger partial charge is 0.269 e. The highest BCUT2D eigenvalue weighted by Crippen LogP contribution is 2.27. The topological polar surface area (TPSA) is 17.8 Å². The number of alkyl halides is 1. The van der Waals surface area contributed by atoms with E-state index in [1.54, 1.807) is 0 Å². The third-order valence-electron chi connectivity index (χ3n) is 3.67. The Kier molecular flexibility index (Phi) is 5.30. The molecule has 0 N–H and O–H groups in total. The van der Waals surface area contributed by atoms with Gasteiger partial charge in [0, 0.05) is 18.5 Å². The molecule has 2 rings (SSSR count). The summed E-state index contributed by atoms with van der Waals surface area (Å²) >= 11 is 5.69. The predicted octanol–water partition coefficient (Wildman–Crippen LogP) is 4.51. The molecule has 0 saturated heterocycles. The van der Waals surface area contributed by atoms with Crippen LogP contribution in [0.1, 0.15) is 57.2 Å². The van der Waals surface area contributed by atoms with Crippen molar-refractivity contribution in [1.29, 1.82) is 0 Å². The number of allylic oxidation sites excluding steroid dienone is 2. The van der Waals surface area contributed by atoms with Crippen LogP contribution in [0.3, 0.4) is 0 Å². The molecule has 1 heterocycles. The molecule has 1 aromatic rings. The molecular weight excluding hydrogens is 244 g/mol. The van der Waals surface area contributed by atoms with Crippen molar-refractivity contribution in [3.8, 4) is 0 Å². The maximum atomic E-state index is 5.69. The summed E-state index contributed by atoms with van der Waals surface area (Å²) in [5.41, 5.74) is 2.55. The molecular formula is C15H23ClN2. The number of aromatic nitrogens is 2. The van der Waals surface area contributed by atoms with Gasteiger partial charge in [0.05, 0.1) is 11.7 Å². The van der Waals surface area contributed by atoms with Crippen LogP contribution in [-0.4, -0.2) is 15.7 Å². The van der Waals surface area contributed by atoms with Gasteiger partial charge in [-0.15, -0.1) is 11.6 Å². The lowest BCUT2D eigenvalue weighted by molar-refractivity contribution is 0.328. The minimum atomic E-state index is 0.639. The summed E-state index contributed by atoms with van der Waals surface area (Å²) in [5.74, 6) is 0.702. The summed E-state index contributed by atoms with van der Waals surface area (Å²) in [6, 6.07) is 2.80. The third-order valence-corrected chi connectivity index (χ3v) is 3.89. The Bertz CT molecular complexity index is 389. The van der Waals surface area contributed by atoms with Gasteiger partial charge in [-0.25, -0.2) is 0 Å². The molecule has 0 radical (unpaired) electrons. The molecule has 0 aromatic carbocycles. The average molecular weight is 267 g/mol. The molecule has 3 heteroatoms. The predicted molar refractivity (Wildman–Crippen MR) is 77.1 cm³/mol. The molecule has 1 saturated carbocycles. The number of hydrogen-bond acceptors (Lipinski definition) is 1. The molecule has 100 valence electrons. The first-order valence-corrected chi connectivity index (χ1v) is 7.58. The Labute approximate surface area is 115 Å². The highest BCUT2D eigenvalue weighted by Gasteiger charge is 2.15. The minimum Gasteiger partial charge on any atom is -0.269 e. The molecule has 0 unspecified atom stereocenters. The van der Waals surface area contributed by atoms with Crippen LogP contribution >= 0.6 is 11.6 Å². The summed E-state index contributed by atoms with van der Waals surface area (Å²) < 4.78 is 2.18. The van der Waals surface area contributed by atoms with Crippen molar-refractivity contribution in [2.24, 2.45) is 0 Å². The Morgan fingerprint density at radius 3 is 2.94 bits per heavy atom. The first-order chi connectivity index (χ1) is 8.79. The van der Waals surface area contributed by atoms with Crippen molar-refractivity contribution in [3.63, 3.8) is 0 Å². The molecule has 2 nitrogen and oxygen atoms in total. The van der Waals surface area contributed by atoms with Crippen LogP contribution in [0.5, 0.6) is 0 Å². The molecule has 1 aliphatic rings. The van der Waals surface area contributed by atoms with Gasteiger partial charge < -0.3 is 0 Å². The first-order valence-electron chi connectivity index (χ1n) is 7.05. The van der Waals surface area contributed by atoms with E-state index in [1.807, 2.05) is 0 Å². The monoisotopic (exact) mass is 266 g/mol. The van der Waals surface area contributed by atoms with Gasteiger partial charge in [0.1, 0.15) is 0 Å². The zero-order chi connectivity index (χ0) is 12.8. The lowest BCUT2D eigenvalue weighted by Crippen LogP contribution is -2.13. The van der Waals surface area contributed by atoms with Gasteiger partial charge in [0.2, 0.25) is 0 Å². The smallest absolute Gasteiger partial charge is 0.0664 e. The average Bonchev–Trinajstić information content (AvgIpc) is 2.86. The van der Waals surface area contributed by atoms with Crippen LogP contribution in [-0.2, 0) is 6.42 Å². The highest BCUT2D eigenvalue weighted by molar-refractivity contribution is 6.17. The number of halogens is 1. The number of rotatable bonds is 5. The second-order valence-corrected chi connectivity index (χ2v) is 5.66. The maximum absolute atomic E-state index is 5.69. The van der Waals surface area contributed by atoms with Crippen LogP contribution in [0, 0.1) is 0 Å². The minimum absolute atomic E-state index is 0.639. The van der Waals surface area contributed by atoms with Crippen molar-refractivity contribution >= 4 is 11.6 Å². The fourth-order valence-corrected chi connectivity index (χ4v) is 2.79. The van der Waals surface area contributed by atoms with Gasteiger partial charge in [0.25, 0.3) is 0 Å². The van der Waals surface area contributed by atoms with E-state index < -0.39 is 0 Å². The SMILES string of the molecule is CC(=CCCCl)Cc1ccn(C2CCCCC2)n1. The molecule has 0 aliphatic heterocycles. The lowest BCUT2D eigenvalue weighted by Gasteiger charge is -2.21.